The Labute approximate surface area is 116 Å². The molecular formula is C11H14N4O4S. The number of hydrogen-bond acceptors (Lipinski definition) is 6. The average molecular weight is 298 g/mol. The molecule has 0 heterocycles. The first kappa shape index (κ1) is 15.9. The Balaban J connectivity index is 2.87. The van der Waals surface area contributed by atoms with Crippen LogP contribution in [0.2, 0.25) is 0 Å². The molecule has 1 N–H and O–H groups in total. The van der Waals surface area contributed by atoms with Gasteiger partial charge in [0, 0.05) is 26.7 Å². The van der Waals surface area contributed by atoms with Crippen LogP contribution in [0.25, 0.3) is 0 Å². The van der Waals surface area contributed by atoms with Gasteiger partial charge in [0.05, 0.1) is 22.3 Å². The van der Waals surface area contributed by atoms with Gasteiger partial charge in [-0.25, -0.2) is 12.7 Å². The second-order valence-corrected chi connectivity index (χ2v) is 6.43. The van der Waals surface area contributed by atoms with E-state index in [2.05, 4.69) is 5.32 Å². The first-order valence-corrected chi connectivity index (χ1v) is 7.21. The molecule has 20 heavy (non-hydrogen) atoms. The minimum Gasteiger partial charge on any atom is -0.378 e. The SMILES string of the molecule is CN(C)S(=O)(=O)CCNc1cc(C#N)ccc1[N+](=O)[O-]. The highest BCUT2D eigenvalue weighted by molar-refractivity contribution is 7.89. The van der Waals surface area contributed by atoms with Crippen molar-refractivity contribution in [2.24, 2.45) is 0 Å². The first-order chi connectivity index (χ1) is 9.27. The number of benzene rings is 1. The van der Waals surface area contributed by atoms with E-state index in [1.54, 1.807) is 0 Å². The van der Waals surface area contributed by atoms with Gasteiger partial charge >= 0.3 is 0 Å². The van der Waals surface area contributed by atoms with E-state index in [0.29, 0.717) is 0 Å². The van der Waals surface area contributed by atoms with Crippen LogP contribution in [-0.2, 0) is 10.0 Å². The van der Waals surface area contributed by atoms with Crippen LogP contribution in [-0.4, -0.2) is 44.0 Å². The highest BCUT2D eigenvalue weighted by atomic mass is 32.2. The Kier molecular flexibility index (Phi) is 5.01. The standard InChI is InChI=1S/C11H14N4O4S/c1-14(2)20(18,19)6-5-13-10-7-9(8-12)3-4-11(10)15(16)17/h3-4,7,13H,5-6H2,1-2H3. The van der Waals surface area contributed by atoms with Gasteiger partial charge < -0.3 is 5.32 Å². The van der Waals surface area contributed by atoms with Gasteiger partial charge in [-0.1, -0.05) is 0 Å². The second kappa shape index (κ2) is 6.31. The summed E-state index contributed by atoms with van der Waals surface area (Å²) in [6.07, 6.45) is 0. The zero-order valence-corrected chi connectivity index (χ0v) is 11.8. The lowest BCUT2D eigenvalue weighted by Gasteiger charge is -2.12. The summed E-state index contributed by atoms with van der Waals surface area (Å²) in [5.74, 6) is -0.200. The minimum atomic E-state index is -3.38. The van der Waals surface area contributed by atoms with E-state index in [9.17, 15) is 18.5 Å². The maximum Gasteiger partial charge on any atom is 0.292 e. The third-order valence-corrected chi connectivity index (χ3v) is 4.39. The summed E-state index contributed by atoms with van der Waals surface area (Å²) in [6.45, 7) is 0.0102. The molecule has 0 atom stereocenters. The number of nitrogens with one attached hydrogen (secondary N) is 1. The molecule has 1 rings (SSSR count). The number of nitro groups is 1. The van der Waals surface area contributed by atoms with Crippen molar-refractivity contribution in [3.63, 3.8) is 0 Å². The van der Waals surface area contributed by atoms with Crippen molar-refractivity contribution >= 4 is 21.4 Å². The largest absolute Gasteiger partial charge is 0.378 e. The molecule has 0 aliphatic carbocycles. The average Bonchev–Trinajstić information content (AvgIpc) is 2.37. The molecule has 9 heteroatoms. The third kappa shape index (κ3) is 3.91. The van der Waals surface area contributed by atoms with Crippen molar-refractivity contribution in [3.05, 3.63) is 33.9 Å². The van der Waals surface area contributed by atoms with E-state index in [0.717, 1.165) is 4.31 Å². The number of nitrogens with zero attached hydrogens (tertiary/aromatic N) is 3. The number of rotatable bonds is 6. The second-order valence-electron chi connectivity index (χ2n) is 4.13. The van der Waals surface area contributed by atoms with Gasteiger partial charge in [-0.05, 0) is 12.1 Å². The molecule has 0 spiro atoms. The van der Waals surface area contributed by atoms with Crippen molar-refractivity contribution in [1.82, 2.24) is 4.31 Å². The zero-order chi connectivity index (χ0) is 15.3. The summed E-state index contributed by atoms with van der Waals surface area (Å²) in [5, 5.41) is 22.3. The predicted molar refractivity (Wildman–Crippen MR) is 73.8 cm³/mol. The highest BCUT2D eigenvalue weighted by Crippen LogP contribution is 2.25. The van der Waals surface area contributed by atoms with Crippen LogP contribution < -0.4 is 5.32 Å². The summed E-state index contributed by atoms with van der Waals surface area (Å²) < 4.78 is 24.2. The maximum absolute atomic E-state index is 11.6. The number of hydrogen-bond donors (Lipinski definition) is 1. The Morgan fingerprint density at radius 1 is 1.45 bits per heavy atom. The quantitative estimate of drug-likeness (QED) is 0.612. The number of sulfonamides is 1. The van der Waals surface area contributed by atoms with Gasteiger partial charge in [-0.2, -0.15) is 5.26 Å². The Morgan fingerprint density at radius 2 is 2.10 bits per heavy atom. The highest BCUT2D eigenvalue weighted by Gasteiger charge is 2.16. The van der Waals surface area contributed by atoms with Gasteiger partial charge in [0.2, 0.25) is 10.0 Å². The van der Waals surface area contributed by atoms with Crippen LogP contribution in [0.3, 0.4) is 0 Å². The lowest BCUT2D eigenvalue weighted by Crippen LogP contribution is -2.28. The van der Waals surface area contributed by atoms with E-state index in [1.807, 2.05) is 6.07 Å². The normalized spacial score (nSPS) is 11.1. The van der Waals surface area contributed by atoms with Crippen molar-refractivity contribution in [3.8, 4) is 6.07 Å². The fourth-order valence-electron chi connectivity index (χ4n) is 1.40. The summed E-state index contributed by atoms with van der Waals surface area (Å²) in [7, 11) is -0.560. The summed E-state index contributed by atoms with van der Waals surface area (Å²) in [6, 6.07) is 5.73. The summed E-state index contributed by atoms with van der Waals surface area (Å²) in [4.78, 5) is 10.3. The van der Waals surface area contributed by atoms with Crippen LogP contribution in [0.1, 0.15) is 5.56 Å². The summed E-state index contributed by atoms with van der Waals surface area (Å²) in [5.41, 5.74) is 0.183. The fourth-order valence-corrected chi connectivity index (χ4v) is 2.13. The number of nitriles is 1. The van der Waals surface area contributed by atoms with Crippen LogP contribution in [0.15, 0.2) is 18.2 Å². The molecule has 0 radical (unpaired) electrons. The molecule has 0 saturated carbocycles. The third-order valence-electron chi connectivity index (χ3n) is 2.55. The monoisotopic (exact) mass is 298 g/mol. The molecular weight excluding hydrogens is 284 g/mol. The molecule has 0 unspecified atom stereocenters. The molecule has 0 bridgehead atoms. The van der Waals surface area contributed by atoms with Crippen LogP contribution in [0, 0.1) is 21.4 Å². The van der Waals surface area contributed by atoms with Gasteiger partial charge in [-0.3, -0.25) is 10.1 Å². The molecule has 0 aliphatic rings. The van der Waals surface area contributed by atoms with E-state index in [-0.39, 0.29) is 29.2 Å². The molecule has 108 valence electrons. The van der Waals surface area contributed by atoms with Crippen molar-refractivity contribution < 1.29 is 13.3 Å². The molecule has 0 aliphatic heterocycles. The topological polar surface area (TPSA) is 116 Å². The predicted octanol–water partition coefficient (Wildman–Crippen LogP) is 0.770. The van der Waals surface area contributed by atoms with Crippen LogP contribution in [0.5, 0.6) is 0 Å². The van der Waals surface area contributed by atoms with E-state index in [4.69, 9.17) is 5.26 Å². The van der Waals surface area contributed by atoms with Gasteiger partial charge in [0.1, 0.15) is 5.69 Å². The van der Waals surface area contributed by atoms with Crippen LogP contribution in [0.4, 0.5) is 11.4 Å². The minimum absolute atomic E-state index is 0.0102. The van der Waals surface area contributed by atoms with Gasteiger partial charge in [0.15, 0.2) is 0 Å². The molecule has 0 fully saturated rings. The Bertz CT molecular complexity index is 649. The number of anilines is 1. The number of nitro benzene ring substituents is 1. The Morgan fingerprint density at radius 3 is 2.60 bits per heavy atom. The molecule has 0 saturated heterocycles. The lowest BCUT2D eigenvalue weighted by molar-refractivity contribution is -0.384. The van der Waals surface area contributed by atoms with E-state index >= 15 is 0 Å². The molecule has 0 aromatic heterocycles. The van der Waals surface area contributed by atoms with Crippen LogP contribution >= 0.6 is 0 Å². The lowest BCUT2D eigenvalue weighted by atomic mass is 10.2. The molecule has 8 nitrogen and oxygen atoms in total. The fraction of sp³-hybridized carbons (Fsp3) is 0.364. The van der Waals surface area contributed by atoms with Crippen molar-refractivity contribution in [2.45, 2.75) is 0 Å². The maximum atomic E-state index is 11.6. The zero-order valence-electron chi connectivity index (χ0n) is 11.0. The van der Waals surface area contributed by atoms with E-state index < -0.39 is 14.9 Å². The van der Waals surface area contributed by atoms with Crippen molar-refractivity contribution in [1.29, 1.82) is 5.26 Å². The van der Waals surface area contributed by atoms with Crippen molar-refractivity contribution in [2.75, 3.05) is 31.7 Å². The molecule has 1 aromatic carbocycles. The summed E-state index contributed by atoms with van der Waals surface area (Å²) >= 11 is 0. The first-order valence-electron chi connectivity index (χ1n) is 5.60. The van der Waals surface area contributed by atoms with Gasteiger partial charge in [-0.15, -0.1) is 0 Å². The molecule has 0 amide bonds. The molecule has 1 aromatic rings. The van der Waals surface area contributed by atoms with Gasteiger partial charge in [0.25, 0.3) is 5.69 Å². The van der Waals surface area contributed by atoms with E-state index in [1.165, 1.54) is 32.3 Å². The smallest absolute Gasteiger partial charge is 0.292 e. The Hall–Kier alpha value is -2.18.